The number of nitrogens with zero attached hydrogens (tertiary/aromatic N) is 1. The van der Waals surface area contributed by atoms with Crippen LogP contribution in [0.2, 0.25) is 0 Å². The molecule has 0 bridgehead atoms. The van der Waals surface area contributed by atoms with Crippen molar-refractivity contribution in [2.24, 2.45) is 40.4 Å². The molecule has 3 fully saturated rings. The van der Waals surface area contributed by atoms with Crippen LogP contribution in [0.1, 0.15) is 160 Å². The Balaban J connectivity index is 1.60. The maximum absolute atomic E-state index is 13.1. The van der Waals surface area contributed by atoms with Crippen LogP contribution in [0, 0.1) is 40.4 Å². The molecule has 0 unspecified atom stereocenters. The largest absolute Gasteiger partial charge is 0.444 e. The number of hydrogen-bond donors (Lipinski definition) is 4. The molecule has 9 heteroatoms. The lowest BCUT2D eigenvalue weighted by Gasteiger charge is -2.64. The minimum absolute atomic E-state index is 0.251. The second-order valence-corrected chi connectivity index (χ2v) is 20.4. The molecule has 0 heterocycles. The first-order chi connectivity index (χ1) is 24.6. The van der Waals surface area contributed by atoms with Gasteiger partial charge in [0.15, 0.2) is 0 Å². The van der Waals surface area contributed by atoms with E-state index in [0.29, 0.717) is 56.1 Å². The fourth-order valence-corrected chi connectivity index (χ4v) is 11.1. The monoisotopic (exact) mass is 746 g/mol. The zero-order valence-electron chi connectivity index (χ0n) is 35.6. The minimum Gasteiger partial charge on any atom is -0.444 e. The van der Waals surface area contributed by atoms with Crippen molar-refractivity contribution in [3.8, 4) is 0 Å². The molecule has 0 aromatic carbocycles. The number of carbonyl (C=O) groups excluding carboxylic acids is 2. The van der Waals surface area contributed by atoms with Gasteiger partial charge in [0, 0.05) is 31.5 Å². The molecule has 0 aliphatic heterocycles. The number of aliphatic hydroxyl groups is 2. The van der Waals surface area contributed by atoms with E-state index in [4.69, 9.17) is 9.47 Å². The highest BCUT2D eigenvalue weighted by Gasteiger charge is 2.65. The van der Waals surface area contributed by atoms with Gasteiger partial charge < -0.3 is 30.3 Å². The molecule has 2 amide bonds. The second kappa shape index (κ2) is 17.5. The molecule has 4 aliphatic carbocycles. The SMILES string of the molecule is CC(C)CCC[C@@H](C)[C@H]1CC[C@H]2C3=C[C@@H](N(CCCCNC(=O)OC(C)(C)C)CCCNC(=O)OC(C)(C)C)[C@@]4(O)C[C@@H](O)CC[C@]4(C)[C@H]3CC[C@]12C. The summed E-state index contributed by atoms with van der Waals surface area (Å²) in [6.45, 7) is 25.7. The van der Waals surface area contributed by atoms with Crippen molar-refractivity contribution in [3.63, 3.8) is 0 Å². The summed E-state index contributed by atoms with van der Waals surface area (Å²) in [5.74, 6) is 3.01. The Morgan fingerprint density at radius 2 is 1.43 bits per heavy atom. The molecule has 9 atom stereocenters. The van der Waals surface area contributed by atoms with E-state index in [9.17, 15) is 19.8 Å². The fourth-order valence-electron chi connectivity index (χ4n) is 11.1. The molecule has 53 heavy (non-hydrogen) atoms. The summed E-state index contributed by atoms with van der Waals surface area (Å²) in [4.78, 5) is 27.2. The third-order valence-electron chi connectivity index (χ3n) is 13.7. The van der Waals surface area contributed by atoms with Gasteiger partial charge >= 0.3 is 12.2 Å². The van der Waals surface area contributed by atoms with Crippen LogP contribution >= 0.6 is 0 Å². The van der Waals surface area contributed by atoms with E-state index < -0.39 is 35.1 Å². The summed E-state index contributed by atoms with van der Waals surface area (Å²) in [7, 11) is 0. The van der Waals surface area contributed by atoms with Crippen LogP contribution < -0.4 is 10.6 Å². The molecule has 0 spiro atoms. The van der Waals surface area contributed by atoms with Crippen LogP contribution in [-0.2, 0) is 9.47 Å². The van der Waals surface area contributed by atoms with Crippen LogP contribution in [0.25, 0.3) is 0 Å². The van der Waals surface area contributed by atoms with Gasteiger partial charge in [-0.15, -0.1) is 0 Å². The summed E-state index contributed by atoms with van der Waals surface area (Å²) in [6.07, 6.45) is 14.1. The number of alkyl carbamates (subject to hydrolysis) is 2. The molecule has 4 rings (SSSR count). The molecular weight excluding hydrogens is 666 g/mol. The van der Waals surface area contributed by atoms with Gasteiger partial charge in [0.05, 0.1) is 17.7 Å². The molecule has 9 nitrogen and oxygen atoms in total. The molecular formula is C44H79N3O6. The smallest absolute Gasteiger partial charge is 0.407 e. The van der Waals surface area contributed by atoms with E-state index >= 15 is 0 Å². The summed E-state index contributed by atoms with van der Waals surface area (Å²) in [5.41, 5.74) is -0.694. The van der Waals surface area contributed by atoms with E-state index in [1.165, 1.54) is 38.5 Å². The van der Waals surface area contributed by atoms with Crippen molar-refractivity contribution in [3.05, 3.63) is 11.6 Å². The van der Waals surface area contributed by atoms with Crippen molar-refractivity contribution in [1.82, 2.24) is 15.5 Å². The highest BCUT2D eigenvalue weighted by Crippen LogP contribution is 2.68. The van der Waals surface area contributed by atoms with E-state index in [1.54, 1.807) is 5.57 Å². The number of rotatable bonds is 15. The molecule has 0 saturated heterocycles. The third-order valence-corrected chi connectivity index (χ3v) is 13.7. The van der Waals surface area contributed by atoms with Crippen LogP contribution in [-0.4, -0.2) is 82.4 Å². The number of carbonyl (C=O) groups is 2. The van der Waals surface area contributed by atoms with Crippen molar-refractivity contribution < 1.29 is 29.3 Å². The fraction of sp³-hybridized carbons (Fsp3) is 0.909. The maximum Gasteiger partial charge on any atom is 0.407 e. The van der Waals surface area contributed by atoms with Gasteiger partial charge in [-0.3, -0.25) is 4.90 Å². The van der Waals surface area contributed by atoms with Crippen LogP contribution in [0.4, 0.5) is 9.59 Å². The predicted molar refractivity (Wildman–Crippen MR) is 214 cm³/mol. The van der Waals surface area contributed by atoms with Gasteiger partial charge in [-0.1, -0.05) is 65.5 Å². The lowest BCUT2D eigenvalue weighted by Crippen LogP contribution is -2.69. The summed E-state index contributed by atoms with van der Waals surface area (Å²) < 4.78 is 10.9. The number of ether oxygens (including phenoxy) is 2. The molecule has 306 valence electrons. The van der Waals surface area contributed by atoms with Gasteiger partial charge in [-0.25, -0.2) is 9.59 Å². The highest BCUT2D eigenvalue weighted by molar-refractivity contribution is 5.67. The molecule has 3 saturated carbocycles. The topological polar surface area (TPSA) is 120 Å². The number of aliphatic hydroxyl groups excluding tert-OH is 1. The molecule has 0 aromatic heterocycles. The second-order valence-electron chi connectivity index (χ2n) is 20.4. The van der Waals surface area contributed by atoms with Crippen LogP contribution in [0.15, 0.2) is 11.6 Å². The Labute approximate surface area is 323 Å². The molecule has 4 aliphatic rings. The zero-order valence-corrected chi connectivity index (χ0v) is 35.6. The number of fused-ring (bicyclic) bond motifs is 5. The van der Waals surface area contributed by atoms with Crippen molar-refractivity contribution in [1.29, 1.82) is 0 Å². The summed E-state index contributed by atoms with van der Waals surface area (Å²) in [5, 5.41) is 30.1. The van der Waals surface area contributed by atoms with Crippen molar-refractivity contribution in [2.75, 3.05) is 26.2 Å². The Bertz CT molecular complexity index is 1260. The Morgan fingerprint density at radius 1 is 0.830 bits per heavy atom. The van der Waals surface area contributed by atoms with E-state index in [2.05, 4.69) is 56.2 Å². The number of allylic oxidation sites excluding steroid dienone is 1. The summed E-state index contributed by atoms with van der Waals surface area (Å²) >= 11 is 0. The number of hydrogen-bond acceptors (Lipinski definition) is 7. The van der Waals surface area contributed by atoms with Crippen LogP contribution in [0.5, 0.6) is 0 Å². The van der Waals surface area contributed by atoms with Gasteiger partial charge in [0.2, 0.25) is 0 Å². The minimum atomic E-state index is -1.08. The molecule has 0 radical (unpaired) electrons. The lowest BCUT2D eigenvalue weighted by atomic mass is 9.45. The van der Waals surface area contributed by atoms with E-state index in [0.717, 1.165) is 44.6 Å². The first-order valence-corrected chi connectivity index (χ1v) is 21.4. The number of amides is 2. The average molecular weight is 746 g/mol. The van der Waals surface area contributed by atoms with Gasteiger partial charge in [-0.2, -0.15) is 0 Å². The van der Waals surface area contributed by atoms with Crippen molar-refractivity contribution >= 4 is 12.2 Å². The first kappa shape index (κ1) is 43.9. The highest BCUT2D eigenvalue weighted by atomic mass is 16.6. The van der Waals surface area contributed by atoms with Crippen LogP contribution in [0.3, 0.4) is 0 Å². The molecule has 0 aromatic rings. The predicted octanol–water partition coefficient (Wildman–Crippen LogP) is 9.00. The third kappa shape index (κ3) is 10.7. The number of nitrogens with one attached hydrogen (secondary N) is 2. The van der Waals surface area contributed by atoms with Gasteiger partial charge in [-0.05, 0) is 141 Å². The first-order valence-electron chi connectivity index (χ1n) is 21.4. The normalized spacial score (nSPS) is 33.4. The lowest BCUT2D eigenvalue weighted by molar-refractivity contribution is -0.198. The Morgan fingerprint density at radius 3 is 2.04 bits per heavy atom. The van der Waals surface area contributed by atoms with E-state index in [1.807, 2.05) is 41.5 Å². The molecule has 4 N–H and O–H groups in total. The number of unbranched alkanes of at least 4 members (excludes halogenated alkanes) is 1. The Hall–Kier alpha value is -1.84. The average Bonchev–Trinajstić information content (AvgIpc) is 3.38. The summed E-state index contributed by atoms with van der Waals surface area (Å²) in [6, 6.07) is -0.251. The van der Waals surface area contributed by atoms with Crippen molar-refractivity contribution in [2.45, 2.75) is 189 Å². The van der Waals surface area contributed by atoms with Gasteiger partial charge in [0.25, 0.3) is 0 Å². The Kier molecular flexibility index (Phi) is 14.5. The standard InChI is InChI=1S/C44H79N3O6/c1-30(2)16-14-17-31(3)34-18-19-35-33-28-37(44(51)29-32(48)20-23-43(44,11)36(33)21-22-42(34,35)10)47(27-15-25-46-39(50)53-41(7,8)9)26-13-12-24-45-38(49)52-40(4,5)6/h28,30-32,34-37,48,51H,12-27,29H2,1-11H3,(H,45,49)(H,46,50)/t31-,32+,34-,35+,36+,37-,42-,43-,44+/m1/s1. The van der Waals surface area contributed by atoms with Gasteiger partial charge in [0.1, 0.15) is 11.2 Å². The van der Waals surface area contributed by atoms with E-state index in [-0.39, 0.29) is 16.9 Å². The maximum atomic E-state index is 13.1. The quantitative estimate of drug-likeness (QED) is 0.0976. The zero-order chi connectivity index (χ0) is 39.4.